The van der Waals surface area contributed by atoms with E-state index in [4.69, 9.17) is 26.4 Å². The Hall–Kier alpha value is -2.84. The van der Waals surface area contributed by atoms with E-state index in [1.165, 1.54) is 0 Å². The maximum atomic E-state index is 13.8. The second-order valence-corrected chi connectivity index (χ2v) is 9.13. The molecule has 0 unspecified atom stereocenters. The Morgan fingerprint density at radius 1 is 1.27 bits per heavy atom. The average Bonchev–Trinajstić information content (AvgIpc) is 2.77. The third-order valence-electron chi connectivity index (χ3n) is 6.50. The van der Waals surface area contributed by atoms with Crippen LogP contribution in [0, 0.1) is 19.8 Å². The van der Waals surface area contributed by atoms with Gasteiger partial charge in [0.05, 0.1) is 13.2 Å². The van der Waals surface area contributed by atoms with E-state index in [0.717, 1.165) is 28.8 Å². The normalized spacial score (nSPS) is 23.3. The number of aryl methyl sites for hydroxylation is 2. The largest absolute Gasteiger partial charge is 0.493 e. The highest BCUT2D eigenvalue weighted by atomic mass is 32.1. The SMILES string of the molecule is COCCCN1C(=S)N[C@H]2c3cccc(OC)c3O[C@@]1(C)[C@@H]2C(=O)Nc1ccc(C)cc1C. The number of anilines is 1. The minimum Gasteiger partial charge on any atom is -0.493 e. The van der Waals surface area contributed by atoms with Crippen molar-refractivity contribution in [2.45, 2.75) is 39.0 Å². The van der Waals surface area contributed by atoms with Crippen molar-refractivity contribution in [3.05, 3.63) is 53.1 Å². The summed E-state index contributed by atoms with van der Waals surface area (Å²) in [5.41, 5.74) is 2.79. The number of rotatable bonds is 7. The highest BCUT2D eigenvalue weighted by molar-refractivity contribution is 7.80. The first-order chi connectivity index (χ1) is 15.8. The van der Waals surface area contributed by atoms with E-state index in [1.54, 1.807) is 14.2 Å². The number of methoxy groups -OCH3 is 2. The summed E-state index contributed by atoms with van der Waals surface area (Å²) < 4.78 is 17.4. The highest BCUT2D eigenvalue weighted by Gasteiger charge is 2.59. The van der Waals surface area contributed by atoms with Crippen LogP contribution in [0.2, 0.25) is 0 Å². The summed E-state index contributed by atoms with van der Waals surface area (Å²) in [6.45, 7) is 7.12. The lowest BCUT2D eigenvalue weighted by Gasteiger charge is -2.56. The number of ether oxygens (including phenoxy) is 3. The van der Waals surface area contributed by atoms with E-state index < -0.39 is 11.6 Å². The molecule has 0 saturated carbocycles. The van der Waals surface area contributed by atoms with E-state index in [0.29, 0.717) is 29.8 Å². The average molecular weight is 470 g/mol. The van der Waals surface area contributed by atoms with Crippen molar-refractivity contribution >= 4 is 28.9 Å². The Bertz CT molecular complexity index is 1080. The molecule has 1 saturated heterocycles. The van der Waals surface area contributed by atoms with Crippen LogP contribution in [0.5, 0.6) is 11.5 Å². The molecule has 0 radical (unpaired) electrons. The molecule has 7 nitrogen and oxygen atoms in total. The zero-order chi connectivity index (χ0) is 23.8. The first-order valence-electron chi connectivity index (χ1n) is 11.1. The lowest BCUT2D eigenvalue weighted by molar-refractivity contribution is -0.150. The fraction of sp³-hybridized carbons (Fsp3) is 0.440. The summed E-state index contributed by atoms with van der Waals surface area (Å²) in [5.74, 6) is 0.569. The van der Waals surface area contributed by atoms with E-state index in [2.05, 4.69) is 16.7 Å². The summed E-state index contributed by atoms with van der Waals surface area (Å²) in [6, 6.07) is 11.4. The molecule has 3 atom stereocenters. The van der Waals surface area contributed by atoms with Crippen molar-refractivity contribution in [1.29, 1.82) is 0 Å². The smallest absolute Gasteiger partial charge is 0.236 e. The number of hydrogen-bond acceptors (Lipinski definition) is 5. The quantitative estimate of drug-likeness (QED) is 0.470. The molecule has 1 amide bonds. The van der Waals surface area contributed by atoms with E-state index in [9.17, 15) is 4.79 Å². The van der Waals surface area contributed by atoms with Crippen LogP contribution in [0.25, 0.3) is 0 Å². The fourth-order valence-electron chi connectivity index (χ4n) is 4.85. The number of thiocarbonyl (C=S) groups is 1. The molecule has 0 aromatic heterocycles. The Labute approximate surface area is 200 Å². The van der Waals surface area contributed by atoms with Gasteiger partial charge < -0.3 is 29.7 Å². The van der Waals surface area contributed by atoms with Crippen LogP contribution in [-0.2, 0) is 9.53 Å². The van der Waals surface area contributed by atoms with Gasteiger partial charge in [0.1, 0.15) is 5.92 Å². The molecule has 2 heterocycles. The number of fused-ring (bicyclic) bond motifs is 4. The van der Waals surface area contributed by atoms with Gasteiger partial charge in [-0.1, -0.05) is 29.8 Å². The molecule has 176 valence electrons. The van der Waals surface area contributed by atoms with Crippen LogP contribution in [0.3, 0.4) is 0 Å². The first-order valence-corrected chi connectivity index (χ1v) is 11.5. The number of amides is 1. The monoisotopic (exact) mass is 469 g/mol. The molecule has 0 aliphatic carbocycles. The van der Waals surface area contributed by atoms with Gasteiger partial charge in [-0.3, -0.25) is 4.79 Å². The number of carbonyl (C=O) groups is 1. The predicted octanol–water partition coefficient (Wildman–Crippen LogP) is 3.94. The molecule has 2 aromatic rings. The second kappa shape index (κ2) is 9.19. The molecule has 2 aliphatic heterocycles. The van der Waals surface area contributed by atoms with Crippen molar-refractivity contribution in [2.24, 2.45) is 5.92 Å². The van der Waals surface area contributed by atoms with Crippen LogP contribution < -0.4 is 20.1 Å². The summed E-state index contributed by atoms with van der Waals surface area (Å²) in [7, 11) is 3.29. The maximum absolute atomic E-state index is 13.8. The third kappa shape index (κ3) is 4.13. The van der Waals surface area contributed by atoms with Crippen molar-refractivity contribution in [1.82, 2.24) is 10.2 Å². The molecular weight excluding hydrogens is 438 g/mol. The van der Waals surface area contributed by atoms with Crippen molar-refractivity contribution in [2.75, 3.05) is 32.7 Å². The molecular formula is C25H31N3O4S. The van der Waals surface area contributed by atoms with E-state index in [-0.39, 0.29) is 11.9 Å². The van der Waals surface area contributed by atoms with Crippen LogP contribution in [0.1, 0.15) is 36.1 Å². The Morgan fingerprint density at radius 2 is 2.06 bits per heavy atom. The van der Waals surface area contributed by atoms with Gasteiger partial charge in [-0.25, -0.2) is 0 Å². The number of benzene rings is 2. The van der Waals surface area contributed by atoms with Crippen LogP contribution in [-0.4, -0.2) is 49.0 Å². The van der Waals surface area contributed by atoms with Gasteiger partial charge in [0.2, 0.25) is 5.91 Å². The van der Waals surface area contributed by atoms with E-state index in [1.807, 2.05) is 56.0 Å². The van der Waals surface area contributed by atoms with Gasteiger partial charge in [0.25, 0.3) is 0 Å². The summed E-state index contributed by atoms with van der Waals surface area (Å²) in [4.78, 5) is 15.8. The van der Waals surface area contributed by atoms with Crippen LogP contribution >= 0.6 is 12.2 Å². The van der Waals surface area contributed by atoms with Crippen LogP contribution in [0.4, 0.5) is 5.69 Å². The lowest BCUT2D eigenvalue weighted by Crippen LogP contribution is -2.71. The molecule has 8 heteroatoms. The van der Waals surface area contributed by atoms with Gasteiger partial charge in [0, 0.05) is 31.5 Å². The highest BCUT2D eigenvalue weighted by Crippen LogP contribution is 2.51. The number of para-hydroxylation sites is 1. The molecule has 2 aliphatic rings. The fourth-order valence-corrected chi connectivity index (χ4v) is 5.25. The van der Waals surface area contributed by atoms with Crippen molar-refractivity contribution < 1.29 is 19.0 Å². The van der Waals surface area contributed by atoms with Crippen molar-refractivity contribution in [3.63, 3.8) is 0 Å². The van der Waals surface area contributed by atoms with Gasteiger partial charge >= 0.3 is 0 Å². The Morgan fingerprint density at radius 3 is 2.76 bits per heavy atom. The Balaban J connectivity index is 1.76. The minimum atomic E-state index is -1.01. The predicted molar refractivity (Wildman–Crippen MR) is 132 cm³/mol. The number of nitrogens with zero attached hydrogens (tertiary/aromatic N) is 1. The lowest BCUT2D eigenvalue weighted by atomic mass is 9.78. The second-order valence-electron chi connectivity index (χ2n) is 8.75. The van der Waals surface area contributed by atoms with Crippen LogP contribution in [0.15, 0.2) is 36.4 Å². The zero-order valence-corrected chi connectivity index (χ0v) is 20.5. The standard InChI is InChI=1S/C25H31N3O4S/c1-15-10-11-18(16(2)14-15)26-23(29)20-21-17-8-6-9-19(31-5)22(17)32-25(20,3)28(24(33)27-21)12-7-13-30-4/h6,8-11,14,20-21H,7,12-13H2,1-5H3,(H,26,29)(H,27,33)/t20-,21-,25-/m0/s1. The molecule has 2 aromatic carbocycles. The molecule has 0 spiro atoms. The van der Waals surface area contributed by atoms with Gasteiger partial charge in [-0.2, -0.15) is 0 Å². The van der Waals surface area contributed by atoms with E-state index >= 15 is 0 Å². The molecule has 1 fully saturated rings. The van der Waals surface area contributed by atoms with Crippen molar-refractivity contribution in [3.8, 4) is 11.5 Å². The molecule has 2 bridgehead atoms. The Kier molecular flexibility index (Phi) is 6.50. The zero-order valence-electron chi connectivity index (χ0n) is 19.7. The summed E-state index contributed by atoms with van der Waals surface area (Å²) in [6.07, 6.45) is 0.742. The third-order valence-corrected chi connectivity index (χ3v) is 6.83. The topological polar surface area (TPSA) is 72.1 Å². The van der Waals surface area contributed by atoms with Gasteiger partial charge in [0.15, 0.2) is 22.3 Å². The molecule has 33 heavy (non-hydrogen) atoms. The number of carbonyl (C=O) groups excluding carboxylic acids is 1. The molecule has 2 N–H and O–H groups in total. The van der Waals surface area contributed by atoms with Gasteiger partial charge in [-0.05, 0) is 57.1 Å². The first kappa shape index (κ1) is 23.3. The van der Waals surface area contributed by atoms with Gasteiger partial charge in [-0.15, -0.1) is 0 Å². The minimum absolute atomic E-state index is 0.130. The summed E-state index contributed by atoms with van der Waals surface area (Å²) in [5, 5.41) is 7.11. The maximum Gasteiger partial charge on any atom is 0.236 e. The number of hydrogen-bond donors (Lipinski definition) is 2. The molecule has 4 rings (SSSR count). The number of nitrogens with one attached hydrogen (secondary N) is 2. The summed E-state index contributed by atoms with van der Waals surface area (Å²) >= 11 is 5.73.